The summed E-state index contributed by atoms with van der Waals surface area (Å²) in [6, 6.07) is 5.59. The summed E-state index contributed by atoms with van der Waals surface area (Å²) in [4.78, 5) is 2.33. The molecule has 1 unspecified atom stereocenters. The highest BCUT2D eigenvalue weighted by Crippen LogP contribution is 2.30. The zero-order chi connectivity index (χ0) is 14.8. The van der Waals surface area contributed by atoms with Crippen molar-refractivity contribution in [2.45, 2.75) is 46.6 Å². The minimum Gasteiger partial charge on any atom is -0.369 e. The van der Waals surface area contributed by atoms with Crippen LogP contribution in [0.5, 0.6) is 0 Å². The Kier molecular flexibility index (Phi) is 4.69. The first-order chi connectivity index (χ1) is 9.41. The van der Waals surface area contributed by atoms with Crippen molar-refractivity contribution in [2.24, 2.45) is 5.41 Å². The van der Waals surface area contributed by atoms with E-state index in [9.17, 15) is 4.39 Å². The lowest BCUT2D eigenvalue weighted by molar-refractivity contribution is 0.271. The van der Waals surface area contributed by atoms with Gasteiger partial charge in [0.15, 0.2) is 0 Å². The van der Waals surface area contributed by atoms with Crippen LogP contribution in [0.1, 0.15) is 39.7 Å². The van der Waals surface area contributed by atoms with Crippen LogP contribution >= 0.6 is 0 Å². The summed E-state index contributed by atoms with van der Waals surface area (Å²) in [6.07, 6.45) is 2.16. The number of hydrogen-bond acceptors (Lipinski definition) is 2. The Bertz CT molecular complexity index is 451. The highest BCUT2D eigenvalue weighted by molar-refractivity contribution is 5.58. The summed E-state index contributed by atoms with van der Waals surface area (Å²) in [7, 11) is 0. The number of nitrogens with zero attached hydrogens (tertiary/aromatic N) is 1. The fourth-order valence-corrected chi connectivity index (χ4v) is 2.79. The fourth-order valence-electron chi connectivity index (χ4n) is 2.79. The molecule has 0 bridgehead atoms. The molecule has 1 aromatic carbocycles. The minimum atomic E-state index is -0.135. The zero-order valence-electron chi connectivity index (χ0n) is 13.2. The number of fused-ring (bicyclic) bond motifs is 1. The Morgan fingerprint density at radius 1 is 1.35 bits per heavy atom. The quantitative estimate of drug-likeness (QED) is 0.885. The van der Waals surface area contributed by atoms with Crippen molar-refractivity contribution in [3.8, 4) is 0 Å². The van der Waals surface area contributed by atoms with Crippen LogP contribution in [0.25, 0.3) is 0 Å². The lowest BCUT2D eigenvalue weighted by Gasteiger charge is -2.35. The first kappa shape index (κ1) is 15.3. The maximum absolute atomic E-state index is 13.5. The van der Waals surface area contributed by atoms with Crippen LogP contribution in [-0.4, -0.2) is 25.7 Å². The second kappa shape index (κ2) is 6.13. The van der Waals surface area contributed by atoms with Gasteiger partial charge in [0.2, 0.25) is 0 Å². The van der Waals surface area contributed by atoms with E-state index in [1.165, 1.54) is 5.56 Å². The van der Waals surface area contributed by atoms with Crippen LogP contribution in [0.2, 0.25) is 0 Å². The molecule has 1 aliphatic heterocycles. The predicted octanol–water partition coefficient (Wildman–Crippen LogP) is 3.60. The molecule has 2 nitrogen and oxygen atoms in total. The van der Waals surface area contributed by atoms with E-state index in [4.69, 9.17) is 0 Å². The molecule has 20 heavy (non-hydrogen) atoms. The topological polar surface area (TPSA) is 15.3 Å². The van der Waals surface area contributed by atoms with Crippen LogP contribution in [0.4, 0.5) is 10.1 Å². The minimum absolute atomic E-state index is 0.135. The van der Waals surface area contributed by atoms with Crippen LogP contribution in [0.3, 0.4) is 0 Å². The van der Waals surface area contributed by atoms with Gasteiger partial charge >= 0.3 is 0 Å². The van der Waals surface area contributed by atoms with Crippen molar-refractivity contribution in [2.75, 3.05) is 24.5 Å². The van der Waals surface area contributed by atoms with E-state index < -0.39 is 0 Å². The summed E-state index contributed by atoms with van der Waals surface area (Å²) < 4.78 is 13.5. The highest BCUT2D eigenvalue weighted by atomic mass is 19.1. The molecular formula is C17H27FN2. The molecular weight excluding hydrogens is 251 g/mol. The fraction of sp³-hybridized carbons (Fsp3) is 0.647. The van der Waals surface area contributed by atoms with Crippen molar-refractivity contribution >= 4 is 5.69 Å². The average molecular weight is 278 g/mol. The molecule has 0 saturated carbocycles. The Hall–Kier alpha value is -1.09. The first-order valence-corrected chi connectivity index (χ1v) is 7.68. The third-order valence-corrected chi connectivity index (χ3v) is 4.13. The normalized spacial score (nSPS) is 16.4. The number of anilines is 1. The molecule has 112 valence electrons. The van der Waals surface area contributed by atoms with Crippen LogP contribution in [-0.2, 0) is 6.42 Å². The molecule has 3 heteroatoms. The Labute approximate surface area is 122 Å². The Balaban J connectivity index is 2.11. The largest absolute Gasteiger partial charge is 0.369 e. The lowest BCUT2D eigenvalue weighted by Crippen LogP contribution is -2.48. The molecule has 1 aromatic rings. The predicted molar refractivity (Wildman–Crippen MR) is 83.9 cm³/mol. The molecule has 1 aliphatic rings. The van der Waals surface area contributed by atoms with E-state index in [-0.39, 0.29) is 11.2 Å². The van der Waals surface area contributed by atoms with E-state index in [2.05, 4.69) is 37.9 Å². The smallest absolute Gasteiger partial charge is 0.125 e. The van der Waals surface area contributed by atoms with Gasteiger partial charge in [-0.25, -0.2) is 4.39 Å². The summed E-state index contributed by atoms with van der Waals surface area (Å²) in [5.74, 6) is -0.135. The van der Waals surface area contributed by atoms with Crippen molar-refractivity contribution in [3.05, 3.63) is 29.6 Å². The van der Waals surface area contributed by atoms with E-state index >= 15 is 0 Å². The van der Waals surface area contributed by atoms with E-state index in [0.717, 1.165) is 38.2 Å². The molecule has 1 N–H and O–H groups in total. The standard InChI is InChI=1S/C17H27FN2/c1-5-9-19-16(17(2,3)4)12-20-10-8-13-6-7-14(18)11-15(13)20/h6-7,11,16,19H,5,8-10,12H2,1-4H3. The number of benzene rings is 1. The van der Waals surface area contributed by atoms with Gasteiger partial charge in [0.1, 0.15) is 5.82 Å². The Morgan fingerprint density at radius 3 is 2.75 bits per heavy atom. The number of rotatable bonds is 5. The SMILES string of the molecule is CCCNC(CN1CCc2ccc(F)cc21)C(C)(C)C. The van der Waals surface area contributed by atoms with Crippen molar-refractivity contribution in [1.82, 2.24) is 5.32 Å². The monoisotopic (exact) mass is 278 g/mol. The zero-order valence-corrected chi connectivity index (χ0v) is 13.2. The van der Waals surface area contributed by atoms with Gasteiger partial charge in [-0.05, 0) is 42.5 Å². The van der Waals surface area contributed by atoms with Crippen LogP contribution in [0, 0.1) is 11.2 Å². The van der Waals surface area contributed by atoms with Crippen LogP contribution < -0.4 is 10.2 Å². The van der Waals surface area contributed by atoms with Crippen molar-refractivity contribution in [3.63, 3.8) is 0 Å². The van der Waals surface area contributed by atoms with Gasteiger partial charge in [0, 0.05) is 24.8 Å². The lowest BCUT2D eigenvalue weighted by atomic mass is 9.86. The van der Waals surface area contributed by atoms with Gasteiger partial charge < -0.3 is 10.2 Å². The van der Waals surface area contributed by atoms with Gasteiger partial charge in [-0.15, -0.1) is 0 Å². The summed E-state index contributed by atoms with van der Waals surface area (Å²) in [5, 5.41) is 3.65. The molecule has 2 rings (SSSR count). The summed E-state index contributed by atoms with van der Waals surface area (Å²) in [5.41, 5.74) is 2.55. The van der Waals surface area contributed by atoms with Gasteiger partial charge in [-0.3, -0.25) is 0 Å². The molecule has 1 heterocycles. The van der Waals surface area contributed by atoms with E-state index in [1.807, 2.05) is 6.07 Å². The van der Waals surface area contributed by atoms with Crippen LogP contribution in [0.15, 0.2) is 18.2 Å². The number of hydrogen-bond donors (Lipinski definition) is 1. The third kappa shape index (κ3) is 3.51. The van der Waals surface area contributed by atoms with Crippen molar-refractivity contribution in [1.29, 1.82) is 0 Å². The molecule has 0 amide bonds. The molecule has 0 aliphatic carbocycles. The Morgan fingerprint density at radius 2 is 2.10 bits per heavy atom. The van der Waals surface area contributed by atoms with Gasteiger partial charge in [0.05, 0.1) is 0 Å². The molecule has 0 spiro atoms. The van der Waals surface area contributed by atoms with E-state index in [0.29, 0.717) is 6.04 Å². The molecule has 0 fully saturated rings. The third-order valence-electron chi connectivity index (χ3n) is 4.13. The molecule has 1 atom stereocenters. The van der Waals surface area contributed by atoms with E-state index in [1.54, 1.807) is 12.1 Å². The molecule has 0 aromatic heterocycles. The highest BCUT2D eigenvalue weighted by Gasteiger charge is 2.29. The molecule has 0 saturated heterocycles. The maximum atomic E-state index is 13.5. The first-order valence-electron chi connectivity index (χ1n) is 7.68. The van der Waals surface area contributed by atoms with Gasteiger partial charge in [-0.1, -0.05) is 33.8 Å². The maximum Gasteiger partial charge on any atom is 0.125 e. The average Bonchev–Trinajstić information content (AvgIpc) is 2.75. The van der Waals surface area contributed by atoms with Crippen molar-refractivity contribution < 1.29 is 4.39 Å². The van der Waals surface area contributed by atoms with Gasteiger partial charge in [-0.2, -0.15) is 0 Å². The van der Waals surface area contributed by atoms with Gasteiger partial charge in [0.25, 0.3) is 0 Å². The summed E-state index contributed by atoms with van der Waals surface area (Å²) >= 11 is 0. The summed E-state index contributed by atoms with van der Waals surface area (Å²) in [6.45, 7) is 12.0. The molecule has 0 radical (unpaired) electrons. The second-order valence-corrected chi connectivity index (χ2v) is 6.84. The number of nitrogens with one attached hydrogen (secondary N) is 1. The number of halogens is 1. The second-order valence-electron chi connectivity index (χ2n) is 6.84.